The van der Waals surface area contributed by atoms with Gasteiger partial charge in [-0.2, -0.15) is 0 Å². The van der Waals surface area contributed by atoms with Crippen LogP contribution in [0, 0.1) is 0 Å². The van der Waals surface area contributed by atoms with E-state index < -0.39 is 0 Å². The molecule has 1 heterocycles. The van der Waals surface area contributed by atoms with Crippen LogP contribution in [0.25, 0.3) is 0 Å². The van der Waals surface area contributed by atoms with E-state index in [9.17, 15) is 4.79 Å². The SMILES string of the molecule is CCCn1nnnc1CN(CC(=O)OCC)[C@@H](C)c1cccc(Br)c1. The van der Waals surface area contributed by atoms with Crippen LogP contribution in [0.15, 0.2) is 28.7 Å². The number of benzene rings is 1. The Kier molecular flexibility index (Phi) is 7.52. The number of halogens is 1. The molecule has 0 amide bonds. The number of tetrazole rings is 1. The molecule has 1 aromatic heterocycles. The lowest BCUT2D eigenvalue weighted by molar-refractivity contribution is -0.145. The van der Waals surface area contributed by atoms with Gasteiger partial charge in [0.1, 0.15) is 0 Å². The molecule has 0 N–H and O–H groups in total. The van der Waals surface area contributed by atoms with Gasteiger partial charge in [-0.15, -0.1) is 5.10 Å². The summed E-state index contributed by atoms with van der Waals surface area (Å²) in [5, 5.41) is 11.9. The zero-order chi connectivity index (χ0) is 18.2. The highest BCUT2D eigenvalue weighted by Gasteiger charge is 2.22. The van der Waals surface area contributed by atoms with Crippen molar-refractivity contribution >= 4 is 21.9 Å². The van der Waals surface area contributed by atoms with Gasteiger partial charge in [0.05, 0.1) is 19.7 Å². The molecule has 0 aliphatic heterocycles. The highest BCUT2D eigenvalue weighted by Crippen LogP contribution is 2.24. The quantitative estimate of drug-likeness (QED) is 0.592. The van der Waals surface area contributed by atoms with Crippen LogP contribution in [-0.4, -0.2) is 44.2 Å². The molecule has 2 aromatic rings. The highest BCUT2D eigenvalue weighted by atomic mass is 79.9. The molecule has 0 saturated heterocycles. The third-order valence-corrected chi connectivity index (χ3v) is 4.40. The summed E-state index contributed by atoms with van der Waals surface area (Å²) >= 11 is 3.50. The van der Waals surface area contributed by atoms with E-state index in [1.165, 1.54) is 0 Å². The van der Waals surface area contributed by atoms with Gasteiger partial charge < -0.3 is 4.74 Å². The van der Waals surface area contributed by atoms with Crippen LogP contribution in [0.4, 0.5) is 0 Å². The van der Waals surface area contributed by atoms with Crippen molar-refractivity contribution in [2.75, 3.05) is 13.2 Å². The summed E-state index contributed by atoms with van der Waals surface area (Å²) in [7, 11) is 0. The van der Waals surface area contributed by atoms with Crippen LogP contribution < -0.4 is 0 Å². The standard InChI is InChI=1S/C17H24BrN5O2/c1-4-9-23-16(19-20-21-23)11-22(12-17(24)25-5-2)13(3)14-7-6-8-15(18)10-14/h6-8,10,13H,4-5,9,11-12H2,1-3H3/t13-/m0/s1. The van der Waals surface area contributed by atoms with Gasteiger partial charge in [0.25, 0.3) is 0 Å². The molecular formula is C17H24BrN5O2. The number of carbonyl (C=O) groups excluding carboxylic acids is 1. The number of hydrogen-bond donors (Lipinski definition) is 0. The molecule has 0 saturated carbocycles. The van der Waals surface area contributed by atoms with Gasteiger partial charge in [-0.1, -0.05) is 35.0 Å². The summed E-state index contributed by atoms with van der Waals surface area (Å²) in [6.07, 6.45) is 0.942. The van der Waals surface area contributed by atoms with Crippen LogP contribution in [0.1, 0.15) is 44.6 Å². The molecular weight excluding hydrogens is 386 g/mol. The molecule has 0 radical (unpaired) electrons. The molecule has 136 valence electrons. The van der Waals surface area contributed by atoms with Crippen molar-refractivity contribution in [2.24, 2.45) is 0 Å². The molecule has 1 atom stereocenters. The van der Waals surface area contributed by atoms with Crippen molar-refractivity contribution in [3.05, 3.63) is 40.1 Å². The third kappa shape index (κ3) is 5.61. The Morgan fingerprint density at radius 1 is 1.40 bits per heavy atom. The van der Waals surface area contributed by atoms with Gasteiger partial charge in [0, 0.05) is 17.1 Å². The minimum Gasteiger partial charge on any atom is -0.465 e. The van der Waals surface area contributed by atoms with E-state index in [-0.39, 0.29) is 18.6 Å². The monoisotopic (exact) mass is 409 g/mol. The molecule has 8 heteroatoms. The van der Waals surface area contributed by atoms with Crippen molar-refractivity contribution in [1.82, 2.24) is 25.1 Å². The van der Waals surface area contributed by atoms with E-state index in [0.29, 0.717) is 13.2 Å². The number of aryl methyl sites for hydroxylation is 1. The van der Waals surface area contributed by atoms with Crippen molar-refractivity contribution in [2.45, 2.75) is 46.3 Å². The minimum atomic E-state index is -0.251. The van der Waals surface area contributed by atoms with E-state index in [1.54, 1.807) is 4.68 Å². The zero-order valence-corrected chi connectivity index (χ0v) is 16.4. The fraction of sp³-hybridized carbons (Fsp3) is 0.529. The molecule has 0 bridgehead atoms. The highest BCUT2D eigenvalue weighted by molar-refractivity contribution is 9.10. The van der Waals surface area contributed by atoms with E-state index in [2.05, 4.69) is 51.4 Å². The number of nitrogens with zero attached hydrogens (tertiary/aromatic N) is 5. The van der Waals surface area contributed by atoms with Crippen LogP contribution in [0.3, 0.4) is 0 Å². The molecule has 0 aliphatic carbocycles. The predicted octanol–water partition coefficient (Wildman–Crippen LogP) is 2.97. The summed E-state index contributed by atoms with van der Waals surface area (Å²) in [6, 6.07) is 8.07. The molecule has 0 aliphatic rings. The first-order valence-electron chi connectivity index (χ1n) is 8.45. The van der Waals surface area contributed by atoms with Gasteiger partial charge in [0.15, 0.2) is 5.82 Å². The fourth-order valence-electron chi connectivity index (χ4n) is 2.58. The van der Waals surface area contributed by atoms with Crippen molar-refractivity contribution in [3.63, 3.8) is 0 Å². The number of rotatable bonds is 9. The van der Waals surface area contributed by atoms with Gasteiger partial charge >= 0.3 is 5.97 Å². The second kappa shape index (κ2) is 9.62. The average molecular weight is 410 g/mol. The van der Waals surface area contributed by atoms with Gasteiger partial charge in [0.2, 0.25) is 0 Å². The maximum absolute atomic E-state index is 12.1. The normalized spacial score (nSPS) is 12.4. The first-order valence-corrected chi connectivity index (χ1v) is 9.24. The Labute approximate surface area is 156 Å². The lowest BCUT2D eigenvalue weighted by atomic mass is 10.1. The van der Waals surface area contributed by atoms with Crippen molar-refractivity contribution in [1.29, 1.82) is 0 Å². The zero-order valence-electron chi connectivity index (χ0n) is 14.9. The van der Waals surface area contributed by atoms with Crippen molar-refractivity contribution in [3.8, 4) is 0 Å². The first kappa shape index (κ1) is 19.5. The molecule has 2 rings (SSSR count). The second-order valence-electron chi connectivity index (χ2n) is 5.76. The number of aromatic nitrogens is 4. The largest absolute Gasteiger partial charge is 0.465 e. The maximum Gasteiger partial charge on any atom is 0.320 e. The molecule has 1 aromatic carbocycles. The van der Waals surface area contributed by atoms with E-state index in [4.69, 9.17) is 4.74 Å². The molecule has 7 nitrogen and oxygen atoms in total. The first-order chi connectivity index (χ1) is 12.0. The Morgan fingerprint density at radius 2 is 2.20 bits per heavy atom. The van der Waals surface area contributed by atoms with Crippen LogP contribution in [0.5, 0.6) is 0 Å². The minimum absolute atomic E-state index is 0.00804. The Hall–Kier alpha value is -1.80. The van der Waals surface area contributed by atoms with Gasteiger partial charge in [-0.25, -0.2) is 4.68 Å². The van der Waals surface area contributed by atoms with Crippen LogP contribution >= 0.6 is 15.9 Å². The smallest absolute Gasteiger partial charge is 0.320 e. The van der Waals surface area contributed by atoms with E-state index in [0.717, 1.165) is 28.8 Å². The van der Waals surface area contributed by atoms with Gasteiger partial charge in [-0.05, 0) is 48.4 Å². The summed E-state index contributed by atoms with van der Waals surface area (Å²) in [5.74, 6) is 0.492. The van der Waals surface area contributed by atoms with Crippen LogP contribution in [-0.2, 0) is 22.6 Å². The number of carbonyl (C=O) groups is 1. The molecule has 0 unspecified atom stereocenters. The summed E-state index contributed by atoms with van der Waals surface area (Å²) in [6.45, 7) is 7.72. The number of hydrogen-bond acceptors (Lipinski definition) is 6. The Morgan fingerprint density at radius 3 is 2.88 bits per heavy atom. The Balaban J connectivity index is 2.22. The second-order valence-corrected chi connectivity index (χ2v) is 6.67. The van der Waals surface area contributed by atoms with Crippen molar-refractivity contribution < 1.29 is 9.53 Å². The summed E-state index contributed by atoms with van der Waals surface area (Å²) < 4.78 is 7.92. The summed E-state index contributed by atoms with van der Waals surface area (Å²) in [5.41, 5.74) is 1.10. The summed E-state index contributed by atoms with van der Waals surface area (Å²) in [4.78, 5) is 14.1. The van der Waals surface area contributed by atoms with Crippen LogP contribution in [0.2, 0.25) is 0 Å². The Bertz CT molecular complexity index is 691. The van der Waals surface area contributed by atoms with E-state index in [1.807, 2.05) is 30.0 Å². The molecule has 0 spiro atoms. The maximum atomic E-state index is 12.1. The number of esters is 1. The fourth-order valence-corrected chi connectivity index (χ4v) is 3.00. The molecule has 0 fully saturated rings. The topological polar surface area (TPSA) is 73.1 Å². The lowest BCUT2D eigenvalue weighted by Crippen LogP contribution is -2.34. The number of ether oxygens (including phenoxy) is 1. The van der Waals surface area contributed by atoms with Gasteiger partial charge in [-0.3, -0.25) is 9.69 Å². The average Bonchev–Trinajstić information content (AvgIpc) is 3.01. The third-order valence-electron chi connectivity index (χ3n) is 3.90. The lowest BCUT2D eigenvalue weighted by Gasteiger charge is -2.28. The molecule has 25 heavy (non-hydrogen) atoms. The van der Waals surface area contributed by atoms with E-state index >= 15 is 0 Å². The predicted molar refractivity (Wildman–Crippen MR) is 97.7 cm³/mol.